The zero-order chi connectivity index (χ0) is 20.0. The first-order valence-corrected chi connectivity index (χ1v) is 9.84. The van der Waals surface area contributed by atoms with Crippen LogP contribution in [0.15, 0.2) is 36.5 Å². The minimum Gasteiger partial charge on any atom is -0.493 e. The summed E-state index contributed by atoms with van der Waals surface area (Å²) in [6, 6.07) is 9.20. The van der Waals surface area contributed by atoms with E-state index in [0.717, 1.165) is 42.7 Å². The number of hydrogen-bond donors (Lipinski definition) is 1. The van der Waals surface area contributed by atoms with Gasteiger partial charge >= 0.3 is 0 Å². The average molecular weight is 391 g/mol. The van der Waals surface area contributed by atoms with Gasteiger partial charge in [-0.05, 0) is 51.1 Å². The van der Waals surface area contributed by atoms with Gasteiger partial charge in [0.05, 0.1) is 24.7 Å². The van der Waals surface area contributed by atoms with Crippen molar-refractivity contribution in [3.8, 4) is 17.0 Å². The molecule has 6 nitrogen and oxygen atoms in total. The highest BCUT2D eigenvalue weighted by Gasteiger charge is 2.18. The van der Waals surface area contributed by atoms with Crippen LogP contribution in [0, 0.1) is 12.7 Å². The van der Waals surface area contributed by atoms with E-state index in [4.69, 9.17) is 4.74 Å². The number of pyridine rings is 1. The molecular formula is C22H22FN5O. The lowest BCUT2D eigenvalue weighted by molar-refractivity contribution is 0.416. The fraction of sp³-hybridized carbons (Fsp3) is 0.318. The van der Waals surface area contributed by atoms with Gasteiger partial charge in [0.2, 0.25) is 0 Å². The van der Waals surface area contributed by atoms with E-state index in [-0.39, 0.29) is 5.82 Å². The van der Waals surface area contributed by atoms with E-state index in [1.807, 2.05) is 31.3 Å². The zero-order valence-corrected chi connectivity index (χ0v) is 16.4. The van der Waals surface area contributed by atoms with Crippen LogP contribution in [0.2, 0.25) is 0 Å². The second-order valence-electron chi connectivity index (χ2n) is 7.54. The highest BCUT2D eigenvalue weighted by atomic mass is 19.1. The molecule has 1 saturated heterocycles. The summed E-state index contributed by atoms with van der Waals surface area (Å²) in [6.45, 7) is 3.86. The number of nitrogens with one attached hydrogen (secondary N) is 1. The number of imidazole rings is 1. The van der Waals surface area contributed by atoms with E-state index in [1.165, 1.54) is 6.07 Å². The van der Waals surface area contributed by atoms with Crippen molar-refractivity contribution in [1.82, 2.24) is 24.9 Å². The Morgan fingerprint density at radius 2 is 1.97 bits per heavy atom. The molecule has 0 unspecified atom stereocenters. The van der Waals surface area contributed by atoms with Crippen molar-refractivity contribution in [2.45, 2.75) is 25.7 Å². The highest BCUT2D eigenvalue weighted by Crippen LogP contribution is 2.31. The predicted octanol–water partition coefficient (Wildman–Crippen LogP) is 3.87. The van der Waals surface area contributed by atoms with Crippen molar-refractivity contribution in [2.75, 3.05) is 20.2 Å². The first-order valence-electron chi connectivity index (χ1n) is 9.84. The molecule has 0 aliphatic carbocycles. The molecule has 0 atom stereocenters. The number of aryl methyl sites for hydroxylation is 1. The Hall–Kier alpha value is -3.06. The van der Waals surface area contributed by atoms with Crippen molar-refractivity contribution in [3.05, 3.63) is 53.7 Å². The number of hydrogen-bond acceptors (Lipinski definition) is 5. The Bertz CT molecular complexity index is 1210. The third-order valence-electron chi connectivity index (χ3n) is 5.55. The summed E-state index contributed by atoms with van der Waals surface area (Å²) >= 11 is 0. The number of nitrogens with zero attached hydrogens (tertiary/aromatic N) is 4. The molecule has 0 saturated carbocycles. The van der Waals surface area contributed by atoms with Gasteiger partial charge in [-0.3, -0.25) is 0 Å². The normalized spacial score (nSPS) is 15.3. The lowest BCUT2D eigenvalue weighted by Crippen LogP contribution is -2.27. The molecule has 1 aromatic carbocycles. The second kappa shape index (κ2) is 7.08. The van der Waals surface area contributed by atoms with E-state index in [1.54, 1.807) is 17.7 Å². The second-order valence-corrected chi connectivity index (χ2v) is 7.54. The zero-order valence-electron chi connectivity index (χ0n) is 16.4. The van der Waals surface area contributed by atoms with Crippen LogP contribution in [-0.4, -0.2) is 39.8 Å². The van der Waals surface area contributed by atoms with E-state index in [2.05, 4.69) is 20.4 Å². The molecule has 148 valence electrons. The van der Waals surface area contributed by atoms with Crippen molar-refractivity contribution in [3.63, 3.8) is 0 Å². The SMILES string of the molecule is COc1cc(-c2cc(F)c3nc(C4CCNCC4)ccc3c2)nn2cc(C)nc12. The molecule has 0 bridgehead atoms. The fourth-order valence-corrected chi connectivity index (χ4v) is 4.05. The Morgan fingerprint density at radius 3 is 2.76 bits per heavy atom. The molecule has 0 radical (unpaired) electrons. The van der Waals surface area contributed by atoms with Crippen LogP contribution >= 0.6 is 0 Å². The maximum atomic E-state index is 15.0. The Labute approximate surface area is 167 Å². The minimum atomic E-state index is -0.337. The van der Waals surface area contributed by atoms with Gasteiger partial charge in [-0.1, -0.05) is 6.07 Å². The number of methoxy groups -OCH3 is 1. The molecule has 3 aromatic heterocycles. The lowest BCUT2D eigenvalue weighted by atomic mass is 9.93. The predicted molar refractivity (Wildman–Crippen MR) is 110 cm³/mol. The van der Waals surface area contributed by atoms with Crippen LogP contribution in [-0.2, 0) is 0 Å². The molecule has 1 aliphatic rings. The summed E-state index contributed by atoms with van der Waals surface area (Å²) in [7, 11) is 1.59. The Balaban J connectivity index is 1.60. The quantitative estimate of drug-likeness (QED) is 0.574. The maximum Gasteiger partial charge on any atom is 0.196 e. The van der Waals surface area contributed by atoms with E-state index in [0.29, 0.717) is 34.1 Å². The molecule has 1 aliphatic heterocycles. The number of ether oxygens (including phenoxy) is 1. The summed E-state index contributed by atoms with van der Waals surface area (Å²) in [5.41, 5.74) is 4.17. The minimum absolute atomic E-state index is 0.337. The summed E-state index contributed by atoms with van der Waals surface area (Å²) < 4.78 is 22.2. The van der Waals surface area contributed by atoms with E-state index in [9.17, 15) is 0 Å². The van der Waals surface area contributed by atoms with Crippen LogP contribution in [0.1, 0.15) is 30.1 Å². The molecule has 5 rings (SSSR count). The summed E-state index contributed by atoms with van der Waals surface area (Å²) in [6.07, 6.45) is 3.89. The van der Waals surface area contributed by atoms with Crippen LogP contribution in [0.3, 0.4) is 0 Å². The first-order chi connectivity index (χ1) is 14.1. The Morgan fingerprint density at radius 1 is 1.14 bits per heavy atom. The molecule has 0 spiro atoms. The van der Waals surface area contributed by atoms with Gasteiger partial charge < -0.3 is 10.1 Å². The third kappa shape index (κ3) is 3.21. The molecule has 4 aromatic rings. The maximum absolute atomic E-state index is 15.0. The molecule has 4 heterocycles. The largest absolute Gasteiger partial charge is 0.493 e. The van der Waals surface area contributed by atoms with E-state index >= 15 is 4.39 Å². The van der Waals surface area contributed by atoms with Crippen molar-refractivity contribution < 1.29 is 9.13 Å². The number of piperidine rings is 1. The van der Waals surface area contributed by atoms with Crippen LogP contribution < -0.4 is 10.1 Å². The average Bonchev–Trinajstić information content (AvgIpc) is 3.13. The smallest absolute Gasteiger partial charge is 0.196 e. The summed E-state index contributed by atoms with van der Waals surface area (Å²) in [5.74, 6) is 0.650. The summed E-state index contributed by atoms with van der Waals surface area (Å²) in [4.78, 5) is 9.08. The van der Waals surface area contributed by atoms with Gasteiger partial charge in [0, 0.05) is 28.6 Å². The number of halogens is 1. The first kappa shape index (κ1) is 18.0. The van der Waals surface area contributed by atoms with Crippen LogP contribution in [0.5, 0.6) is 5.75 Å². The molecule has 7 heteroatoms. The topological polar surface area (TPSA) is 64.3 Å². The standard InChI is InChI=1S/C22H22FN5O/c1-13-12-28-22(25-13)20(29-2)11-19(27-28)16-9-15-3-4-18(14-5-7-24-8-6-14)26-21(15)17(23)10-16/h3-4,9-12,14,24H,5-8H2,1-2H3. The number of benzene rings is 1. The Kier molecular flexibility index (Phi) is 4.39. The van der Waals surface area contributed by atoms with Crippen molar-refractivity contribution >= 4 is 16.6 Å². The van der Waals surface area contributed by atoms with Crippen molar-refractivity contribution in [1.29, 1.82) is 0 Å². The number of fused-ring (bicyclic) bond motifs is 2. The molecule has 29 heavy (non-hydrogen) atoms. The molecule has 1 fully saturated rings. The fourth-order valence-electron chi connectivity index (χ4n) is 4.05. The van der Waals surface area contributed by atoms with Gasteiger partial charge in [0.15, 0.2) is 11.4 Å². The van der Waals surface area contributed by atoms with Gasteiger partial charge in [0.1, 0.15) is 11.3 Å². The molecule has 0 amide bonds. The number of rotatable bonds is 3. The monoisotopic (exact) mass is 391 g/mol. The lowest BCUT2D eigenvalue weighted by Gasteiger charge is -2.22. The van der Waals surface area contributed by atoms with Gasteiger partial charge in [0.25, 0.3) is 0 Å². The highest BCUT2D eigenvalue weighted by molar-refractivity contribution is 5.85. The van der Waals surface area contributed by atoms with E-state index < -0.39 is 0 Å². The van der Waals surface area contributed by atoms with Crippen LogP contribution in [0.4, 0.5) is 4.39 Å². The molecule has 1 N–H and O–H groups in total. The van der Waals surface area contributed by atoms with Crippen LogP contribution in [0.25, 0.3) is 27.8 Å². The number of aromatic nitrogens is 4. The van der Waals surface area contributed by atoms with Gasteiger partial charge in [-0.2, -0.15) is 5.10 Å². The van der Waals surface area contributed by atoms with Gasteiger partial charge in [-0.15, -0.1) is 0 Å². The van der Waals surface area contributed by atoms with Gasteiger partial charge in [-0.25, -0.2) is 18.9 Å². The van der Waals surface area contributed by atoms with Crippen molar-refractivity contribution in [2.24, 2.45) is 0 Å². The molecular weight excluding hydrogens is 369 g/mol. The third-order valence-corrected chi connectivity index (χ3v) is 5.55. The summed E-state index contributed by atoms with van der Waals surface area (Å²) in [5, 5.41) is 8.71.